The van der Waals surface area contributed by atoms with Crippen molar-refractivity contribution in [2.24, 2.45) is 5.92 Å². The van der Waals surface area contributed by atoms with Crippen molar-refractivity contribution < 1.29 is 9.47 Å². The molecule has 1 N–H and O–H groups in total. The monoisotopic (exact) mass is 233 g/mol. The van der Waals surface area contributed by atoms with Crippen LogP contribution in [-0.4, -0.2) is 19.8 Å². The Bertz CT molecular complexity index is 388. The third-order valence-electron chi connectivity index (χ3n) is 3.59. The van der Waals surface area contributed by atoms with Gasteiger partial charge in [0, 0.05) is 6.54 Å². The van der Waals surface area contributed by atoms with Gasteiger partial charge >= 0.3 is 0 Å². The second-order valence-electron chi connectivity index (χ2n) is 4.91. The van der Waals surface area contributed by atoms with Crippen molar-refractivity contribution >= 4 is 0 Å². The molecule has 0 unspecified atom stereocenters. The second-order valence-corrected chi connectivity index (χ2v) is 4.91. The molecule has 1 aromatic rings. The topological polar surface area (TPSA) is 30.5 Å². The first-order valence-corrected chi connectivity index (χ1v) is 6.51. The molecule has 0 atom stereocenters. The second kappa shape index (κ2) is 4.96. The SMILES string of the molecule is c1cc2c(cc1CNCC1CCC1)OCCO2. The van der Waals surface area contributed by atoms with Crippen molar-refractivity contribution in [2.75, 3.05) is 19.8 Å². The van der Waals surface area contributed by atoms with Crippen LogP contribution in [0.3, 0.4) is 0 Å². The highest BCUT2D eigenvalue weighted by molar-refractivity contribution is 5.43. The molecule has 0 radical (unpaired) electrons. The highest BCUT2D eigenvalue weighted by Gasteiger charge is 2.16. The summed E-state index contributed by atoms with van der Waals surface area (Å²) >= 11 is 0. The quantitative estimate of drug-likeness (QED) is 0.866. The standard InChI is InChI=1S/C14H19NO2/c1-2-11(3-1)9-15-10-12-4-5-13-14(8-12)17-7-6-16-13/h4-5,8,11,15H,1-3,6-7,9-10H2. The fourth-order valence-electron chi connectivity index (χ4n) is 2.32. The summed E-state index contributed by atoms with van der Waals surface area (Å²) in [6.45, 7) is 3.39. The first kappa shape index (κ1) is 10.9. The van der Waals surface area contributed by atoms with Crippen molar-refractivity contribution in [3.05, 3.63) is 23.8 Å². The van der Waals surface area contributed by atoms with Gasteiger partial charge in [-0.25, -0.2) is 0 Å². The van der Waals surface area contributed by atoms with E-state index in [0.29, 0.717) is 13.2 Å². The van der Waals surface area contributed by atoms with E-state index in [9.17, 15) is 0 Å². The first-order valence-electron chi connectivity index (χ1n) is 6.51. The molecular weight excluding hydrogens is 214 g/mol. The molecule has 3 nitrogen and oxygen atoms in total. The zero-order chi connectivity index (χ0) is 11.5. The summed E-state index contributed by atoms with van der Waals surface area (Å²) in [5.41, 5.74) is 1.27. The van der Waals surface area contributed by atoms with Crippen LogP contribution < -0.4 is 14.8 Å². The average molecular weight is 233 g/mol. The minimum Gasteiger partial charge on any atom is -0.486 e. The Labute approximate surface area is 102 Å². The van der Waals surface area contributed by atoms with Crippen molar-refractivity contribution in [1.29, 1.82) is 0 Å². The summed E-state index contributed by atoms with van der Waals surface area (Å²) < 4.78 is 11.1. The van der Waals surface area contributed by atoms with Gasteiger partial charge in [0.1, 0.15) is 13.2 Å². The van der Waals surface area contributed by atoms with Gasteiger partial charge in [0.05, 0.1) is 0 Å². The molecule has 1 aliphatic heterocycles. The first-order chi connectivity index (χ1) is 8.42. The van der Waals surface area contributed by atoms with E-state index in [2.05, 4.69) is 17.4 Å². The van der Waals surface area contributed by atoms with Gasteiger partial charge in [-0.05, 0) is 43.0 Å². The molecule has 1 fully saturated rings. The van der Waals surface area contributed by atoms with Crippen LogP contribution in [0.15, 0.2) is 18.2 Å². The summed E-state index contributed by atoms with van der Waals surface area (Å²) in [4.78, 5) is 0. The third kappa shape index (κ3) is 2.55. The van der Waals surface area contributed by atoms with Gasteiger partial charge in [0.2, 0.25) is 0 Å². The highest BCUT2D eigenvalue weighted by atomic mass is 16.6. The zero-order valence-corrected chi connectivity index (χ0v) is 10.1. The minimum atomic E-state index is 0.659. The van der Waals surface area contributed by atoms with E-state index in [0.717, 1.165) is 30.5 Å². The molecule has 3 rings (SSSR count). The summed E-state index contributed by atoms with van der Waals surface area (Å²) in [5, 5.41) is 3.51. The van der Waals surface area contributed by atoms with E-state index < -0.39 is 0 Å². The molecule has 0 spiro atoms. The lowest BCUT2D eigenvalue weighted by Crippen LogP contribution is -2.27. The fourth-order valence-corrected chi connectivity index (χ4v) is 2.32. The summed E-state index contributed by atoms with van der Waals surface area (Å²) in [5.74, 6) is 2.67. The predicted octanol–water partition coefficient (Wildman–Crippen LogP) is 2.35. The Balaban J connectivity index is 1.55. The van der Waals surface area contributed by atoms with E-state index in [4.69, 9.17) is 9.47 Å². The van der Waals surface area contributed by atoms with Crippen LogP contribution in [0, 0.1) is 5.92 Å². The summed E-state index contributed by atoms with van der Waals surface area (Å²) in [6.07, 6.45) is 4.21. The average Bonchev–Trinajstić information content (AvgIpc) is 2.32. The smallest absolute Gasteiger partial charge is 0.161 e. The van der Waals surface area contributed by atoms with Gasteiger partial charge in [0.15, 0.2) is 11.5 Å². The zero-order valence-electron chi connectivity index (χ0n) is 10.1. The van der Waals surface area contributed by atoms with E-state index in [1.54, 1.807) is 0 Å². The Hall–Kier alpha value is -1.22. The molecule has 2 aliphatic rings. The molecule has 0 aromatic heterocycles. The number of hydrogen-bond donors (Lipinski definition) is 1. The van der Waals surface area contributed by atoms with Crippen molar-refractivity contribution in [3.8, 4) is 11.5 Å². The van der Waals surface area contributed by atoms with Gasteiger partial charge in [-0.3, -0.25) is 0 Å². The van der Waals surface area contributed by atoms with Crippen LogP contribution in [0.2, 0.25) is 0 Å². The number of rotatable bonds is 4. The highest BCUT2D eigenvalue weighted by Crippen LogP contribution is 2.30. The number of fused-ring (bicyclic) bond motifs is 1. The number of ether oxygens (including phenoxy) is 2. The predicted molar refractivity (Wildman–Crippen MR) is 66.5 cm³/mol. The van der Waals surface area contributed by atoms with Crippen LogP contribution in [0.4, 0.5) is 0 Å². The third-order valence-corrected chi connectivity index (χ3v) is 3.59. The Morgan fingerprint density at radius 2 is 1.94 bits per heavy atom. The molecule has 1 heterocycles. The largest absolute Gasteiger partial charge is 0.486 e. The molecule has 3 heteroatoms. The molecule has 1 aromatic carbocycles. The molecule has 0 saturated heterocycles. The number of benzene rings is 1. The lowest BCUT2D eigenvalue weighted by molar-refractivity contribution is 0.171. The van der Waals surface area contributed by atoms with Crippen molar-refractivity contribution in [1.82, 2.24) is 5.32 Å². The van der Waals surface area contributed by atoms with E-state index in [1.165, 1.54) is 24.8 Å². The van der Waals surface area contributed by atoms with Gasteiger partial charge < -0.3 is 14.8 Å². The van der Waals surface area contributed by atoms with Gasteiger partial charge in [-0.15, -0.1) is 0 Å². The molecule has 17 heavy (non-hydrogen) atoms. The van der Waals surface area contributed by atoms with Crippen LogP contribution in [-0.2, 0) is 6.54 Å². The molecule has 92 valence electrons. The Kier molecular flexibility index (Phi) is 3.18. The maximum Gasteiger partial charge on any atom is 0.161 e. The van der Waals surface area contributed by atoms with Crippen molar-refractivity contribution in [3.63, 3.8) is 0 Å². The molecule has 1 saturated carbocycles. The molecule has 0 bridgehead atoms. The van der Waals surface area contributed by atoms with Gasteiger partial charge in [-0.1, -0.05) is 12.5 Å². The normalized spacial score (nSPS) is 18.8. The lowest BCUT2D eigenvalue weighted by atomic mass is 9.85. The molecule has 1 aliphatic carbocycles. The molecular formula is C14H19NO2. The van der Waals surface area contributed by atoms with Crippen LogP contribution in [0.1, 0.15) is 24.8 Å². The van der Waals surface area contributed by atoms with Gasteiger partial charge in [0.25, 0.3) is 0 Å². The van der Waals surface area contributed by atoms with Crippen molar-refractivity contribution in [2.45, 2.75) is 25.8 Å². The number of hydrogen-bond acceptors (Lipinski definition) is 3. The summed E-state index contributed by atoms with van der Waals surface area (Å²) in [6, 6.07) is 6.21. The maximum atomic E-state index is 5.57. The minimum absolute atomic E-state index is 0.659. The molecule has 0 amide bonds. The van der Waals surface area contributed by atoms with Crippen LogP contribution >= 0.6 is 0 Å². The fraction of sp³-hybridized carbons (Fsp3) is 0.571. The van der Waals surface area contributed by atoms with E-state index >= 15 is 0 Å². The van der Waals surface area contributed by atoms with E-state index in [1.807, 2.05) is 6.07 Å². The number of nitrogens with one attached hydrogen (secondary N) is 1. The lowest BCUT2D eigenvalue weighted by Gasteiger charge is -2.25. The van der Waals surface area contributed by atoms with Gasteiger partial charge in [-0.2, -0.15) is 0 Å². The van der Waals surface area contributed by atoms with E-state index in [-0.39, 0.29) is 0 Å². The summed E-state index contributed by atoms with van der Waals surface area (Å²) in [7, 11) is 0. The Morgan fingerprint density at radius 1 is 1.12 bits per heavy atom. The Morgan fingerprint density at radius 3 is 2.71 bits per heavy atom. The van der Waals surface area contributed by atoms with Crippen LogP contribution in [0.25, 0.3) is 0 Å². The van der Waals surface area contributed by atoms with Crippen LogP contribution in [0.5, 0.6) is 11.5 Å². The maximum absolute atomic E-state index is 5.57.